The highest BCUT2D eigenvalue weighted by Crippen LogP contribution is 2.42. The van der Waals surface area contributed by atoms with Crippen LogP contribution in [0, 0.1) is 28.6 Å². The van der Waals surface area contributed by atoms with Crippen LogP contribution in [0.5, 0.6) is 0 Å². The van der Waals surface area contributed by atoms with Crippen molar-refractivity contribution in [2.75, 3.05) is 0 Å². The summed E-state index contributed by atoms with van der Waals surface area (Å²) in [6, 6.07) is 4.27. The highest BCUT2D eigenvalue weighted by atomic mass is 15.0. The lowest BCUT2D eigenvalue weighted by Gasteiger charge is -2.45. The van der Waals surface area contributed by atoms with Crippen molar-refractivity contribution in [1.82, 2.24) is 5.32 Å². The molecule has 3 rings (SSSR count). The number of hydrogen-bond donors (Lipinski definition) is 1. The molecule has 0 saturated heterocycles. The van der Waals surface area contributed by atoms with Crippen molar-refractivity contribution in [2.45, 2.75) is 63.3 Å². The Kier molecular flexibility index (Phi) is 3.49. The van der Waals surface area contributed by atoms with Gasteiger partial charge in [-0.1, -0.05) is 25.7 Å². The second-order valence-corrected chi connectivity index (χ2v) is 6.19. The van der Waals surface area contributed by atoms with Crippen molar-refractivity contribution >= 4 is 5.71 Å². The molecule has 1 heterocycles. The number of nitrogens with one attached hydrogen (secondary N) is 1. The summed E-state index contributed by atoms with van der Waals surface area (Å²) in [5.41, 5.74) is 1.81. The third-order valence-corrected chi connectivity index (χ3v) is 5.07. The van der Waals surface area contributed by atoms with Gasteiger partial charge in [0.1, 0.15) is 12.1 Å². The first-order valence-electron chi connectivity index (χ1n) is 7.69. The summed E-state index contributed by atoms with van der Waals surface area (Å²) in [6.45, 7) is 0. The molecule has 1 atom stereocenters. The zero-order valence-electron chi connectivity index (χ0n) is 11.8. The van der Waals surface area contributed by atoms with Crippen LogP contribution in [-0.4, -0.2) is 11.3 Å². The Morgan fingerprint density at radius 3 is 2.55 bits per heavy atom. The van der Waals surface area contributed by atoms with Crippen LogP contribution >= 0.6 is 0 Å². The van der Waals surface area contributed by atoms with Gasteiger partial charge >= 0.3 is 0 Å². The van der Waals surface area contributed by atoms with Gasteiger partial charge in [0.15, 0.2) is 11.4 Å². The number of allylic oxidation sites excluding steroid dienone is 2. The predicted octanol–water partition coefficient (Wildman–Crippen LogP) is 3.18. The number of nitrogens with zero attached hydrogens (tertiary/aromatic N) is 3. The zero-order valence-corrected chi connectivity index (χ0v) is 11.8. The van der Waals surface area contributed by atoms with E-state index in [4.69, 9.17) is 0 Å². The molecule has 2 saturated carbocycles. The molecular formula is C16H20N4. The van der Waals surface area contributed by atoms with Crippen LogP contribution in [0.4, 0.5) is 0 Å². The summed E-state index contributed by atoms with van der Waals surface area (Å²) < 4.78 is 0. The molecule has 0 aromatic rings. The topological polar surface area (TPSA) is 72.0 Å². The Bertz CT molecular complexity index is 538. The van der Waals surface area contributed by atoms with E-state index in [9.17, 15) is 10.5 Å². The summed E-state index contributed by atoms with van der Waals surface area (Å²) >= 11 is 0. The van der Waals surface area contributed by atoms with E-state index in [2.05, 4.69) is 22.4 Å². The number of hydrogen-bond acceptors (Lipinski definition) is 4. The molecular weight excluding hydrogens is 248 g/mol. The lowest BCUT2D eigenvalue weighted by Crippen LogP contribution is -2.54. The van der Waals surface area contributed by atoms with Crippen molar-refractivity contribution in [2.24, 2.45) is 10.9 Å². The molecule has 20 heavy (non-hydrogen) atoms. The van der Waals surface area contributed by atoms with Gasteiger partial charge in [-0.3, -0.25) is 0 Å². The normalized spacial score (nSPS) is 28.5. The van der Waals surface area contributed by atoms with E-state index < -0.39 is 0 Å². The molecule has 3 aliphatic rings. The molecule has 1 aliphatic heterocycles. The van der Waals surface area contributed by atoms with Gasteiger partial charge in [0.2, 0.25) is 0 Å². The number of rotatable bonds is 0. The standard InChI is InChI=1S/C16H20N4/c17-10-14-15(11-18)20-16(8-4-1-5-9-16)12-6-2-3-7-13(12)19-14/h12,20H,1-9H2/t12-/m1/s1. The number of aliphatic imine (C=N–C) groups is 1. The molecule has 104 valence electrons. The SMILES string of the molecule is N#CC1=C(C#N)NC2(CCCCC2)[C@@H]2CCCCC2=N1. The first kappa shape index (κ1) is 13.2. The zero-order chi connectivity index (χ0) is 14.0. The molecule has 2 fully saturated rings. The van der Waals surface area contributed by atoms with Crippen molar-refractivity contribution < 1.29 is 0 Å². The fourth-order valence-electron chi connectivity index (χ4n) is 4.14. The number of nitriles is 2. The van der Waals surface area contributed by atoms with E-state index in [-0.39, 0.29) is 11.2 Å². The summed E-state index contributed by atoms with van der Waals surface area (Å²) in [5.74, 6) is 0.408. The average molecular weight is 268 g/mol. The number of fused-ring (bicyclic) bond motifs is 2. The molecule has 0 amide bonds. The van der Waals surface area contributed by atoms with Crippen LogP contribution in [0.3, 0.4) is 0 Å². The maximum absolute atomic E-state index is 9.37. The Labute approximate surface area is 120 Å². The molecule has 0 aromatic heterocycles. The van der Waals surface area contributed by atoms with Gasteiger partial charge in [0.05, 0.1) is 0 Å². The van der Waals surface area contributed by atoms with E-state index in [1.807, 2.05) is 0 Å². The second kappa shape index (κ2) is 5.29. The Balaban J connectivity index is 2.07. The molecule has 1 spiro atoms. The van der Waals surface area contributed by atoms with Gasteiger partial charge in [0.25, 0.3) is 0 Å². The minimum atomic E-state index is -0.0266. The van der Waals surface area contributed by atoms with Gasteiger partial charge < -0.3 is 5.32 Å². The summed E-state index contributed by atoms with van der Waals surface area (Å²) in [5, 5.41) is 22.1. The van der Waals surface area contributed by atoms with Crippen molar-refractivity contribution in [1.29, 1.82) is 10.5 Å². The van der Waals surface area contributed by atoms with Gasteiger partial charge in [-0.25, -0.2) is 4.99 Å². The maximum atomic E-state index is 9.37. The highest BCUT2D eigenvalue weighted by molar-refractivity contribution is 5.90. The van der Waals surface area contributed by atoms with Crippen molar-refractivity contribution in [3.8, 4) is 12.1 Å². The quantitative estimate of drug-likeness (QED) is 0.733. The molecule has 2 aliphatic carbocycles. The van der Waals surface area contributed by atoms with E-state index in [0.717, 1.165) is 37.8 Å². The summed E-state index contributed by atoms with van der Waals surface area (Å²) in [4.78, 5) is 4.57. The third-order valence-electron chi connectivity index (χ3n) is 5.07. The fraction of sp³-hybridized carbons (Fsp3) is 0.688. The van der Waals surface area contributed by atoms with E-state index in [0.29, 0.717) is 11.6 Å². The Hall–Kier alpha value is -1.81. The van der Waals surface area contributed by atoms with Crippen LogP contribution in [0.25, 0.3) is 0 Å². The van der Waals surface area contributed by atoms with Crippen LogP contribution < -0.4 is 5.32 Å². The molecule has 4 heteroatoms. The van der Waals surface area contributed by atoms with Crippen LogP contribution in [0.1, 0.15) is 57.8 Å². The average Bonchev–Trinajstić information content (AvgIpc) is 2.63. The Morgan fingerprint density at radius 1 is 1.05 bits per heavy atom. The summed E-state index contributed by atoms with van der Waals surface area (Å²) in [6.07, 6.45) is 10.4. The van der Waals surface area contributed by atoms with Gasteiger partial charge in [0, 0.05) is 17.2 Å². The smallest absolute Gasteiger partial charge is 0.174 e. The first-order valence-corrected chi connectivity index (χ1v) is 7.69. The largest absolute Gasteiger partial charge is 0.368 e. The first-order chi connectivity index (χ1) is 9.79. The van der Waals surface area contributed by atoms with Gasteiger partial charge in [-0.15, -0.1) is 0 Å². The minimum Gasteiger partial charge on any atom is -0.368 e. The van der Waals surface area contributed by atoms with E-state index in [1.165, 1.54) is 25.7 Å². The lowest BCUT2D eigenvalue weighted by molar-refractivity contribution is 0.186. The fourth-order valence-corrected chi connectivity index (χ4v) is 4.14. The monoisotopic (exact) mass is 268 g/mol. The molecule has 4 nitrogen and oxygen atoms in total. The lowest BCUT2D eigenvalue weighted by atomic mass is 9.66. The van der Waals surface area contributed by atoms with Gasteiger partial charge in [-0.05, 0) is 32.1 Å². The molecule has 0 bridgehead atoms. The molecule has 0 aromatic carbocycles. The third kappa shape index (κ3) is 2.10. The second-order valence-electron chi connectivity index (χ2n) is 6.19. The predicted molar refractivity (Wildman–Crippen MR) is 76.6 cm³/mol. The van der Waals surface area contributed by atoms with Crippen molar-refractivity contribution in [3.05, 3.63) is 11.4 Å². The van der Waals surface area contributed by atoms with Gasteiger partial charge in [-0.2, -0.15) is 10.5 Å². The van der Waals surface area contributed by atoms with Crippen LogP contribution in [0.2, 0.25) is 0 Å². The maximum Gasteiger partial charge on any atom is 0.174 e. The Morgan fingerprint density at radius 2 is 1.85 bits per heavy atom. The van der Waals surface area contributed by atoms with E-state index in [1.54, 1.807) is 0 Å². The van der Waals surface area contributed by atoms with E-state index >= 15 is 0 Å². The minimum absolute atomic E-state index is 0.0266. The molecule has 0 unspecified atom stereocenters. The molecule has 0 radical (unpaired) electrons. The van der Waals surface area contributed by atoms with Crippen LogP contribution in [0.15, 0.2) is 16.4 Å². The summed E-state index contributed by atoms with van der Waals surface area (Å²) in [7, 11) is 0. The van der Waals surface area contributed by atoms with Crippen molar-refractivity contribution in [3.63, 3.8) is 0 Å². The highest BCUT2D eigenvalue weighted by Gasteiger charge is 2.45. The van der Waals surface area contributed by atoms with Crippen LogP contribution in [-0.2, 0) is 0 Å². The molecule has 1 N–H and O–H groups in total.